The number of nitrogens with one attached hydrogen (secondary N) is 1. The van der Waals surface area contributed by atoms with Gasteiger partial charge in [-0.1, -0.05) is 0 Å². The van der Waals surface area contributed by atoms with Crippen molar-refractivity contribution in [2.75, 3.05) is 12.4 Å². The van der Waals surface area contributed by atoms with Crippen molar-refractivity contribution in [2.24, 2.45) is 0 Å². The van der Waals surface area contributed by atoms with E-state index in [1.54, 1.807) is 0 Å². The average molecular weight is 230 g/mol. The highest BCUT2D eigenvalue weighted by molar-refractivity contribution is 5.87. The second kappa shape index (κ2) is 3.99. The van der Waals surface area contributed by atoms with Crippen molar-refractivity contribution >= 4 is 16.9 Å². The van der Waals surface area contributed by atoms with Crippen LogP contribution >= 0.6 is 0 Å². The van der Waals surface area contributed by atoms with Gasteiger partial charge in [0.05, 0.1) is 11.4 Å². The first-order valence-corrected chi connectivity index (χ1v) is 4.56. The van der Waals surface area contributed by atoms with Crippen molar-refractivity contribution < 1.29 is 13.2 Å². The summed E-state index contributed by atoms with van der Waals surface area (Å²) in [5.41, 5.74) is 6.25. The molecule has 0 bridgehead atoms. The van der Waals surface area contributed by atoms with Gasteiger partial charge in [-0.2, -0.15) is 0 Å². The number of H-pyrrole nitrogens is 1. The van der Waals surface area contributed by atoms with Gasteiger partial charge in [0.2, 0.25) is 6.43 Å². The van der Waals surface area contributed by atoms with Gasteiger partial charge in [0, 0.05) is 11.8 Å². The normalized spacial score (nSPS) is 13.5. The van der Waals surface area contributed by atoms with Gasteiger partial charge in [0.15, 0.2) is 5.82 Å². The third kappa shape index (κ3) is 1.58. The van der Waals surface area contributed by atoms with Crippen molar-refractivity contribution in [1.82, 2.24) is 15.0 Å². The highest BCUT2D eigenvalue weighted by atomic mass is 19.3. The third-order valence-electron chi connectivity index (χ3n) is 2.39. The Bertz CT molecular complexity index is 496. The molecule has 0 aliphatic rings. The first kappa shape index (κ1) is 10.7. The standard InChI is InChI=1S/C9H9F3N4/c10-1-4(8(11)12)5-2-14-7-6(5)15-3-16-9(7)13/h2-4,8,14H,1H2,(H2,13,15,16). The molecule has 86 valence electrons. The molecule has 0 aromatic carbocycles. The molecule has 1 atom stereocenters. The van der Waals surface area contributed by atoms with E-state index in [1.807, 2.05) is 0 Å². The second-order valence-corrected chi connectivity index (χ2v) is 3.32. The molecule has 0 radical (unpaired) electrons. The molecule has 2 heterocycles. The predicted octanol–water partition coefficient (Wildman–Crippen LogP) is 1.86. The van der Waals surface area contributed by atoms with E-state index >= 15 is 0 Å². The highest BCUT2D eigenvalue weighted by Gasteiger charge is 2.26. The van der Waals surface area contributed by atoms with Crippen molar-refractivity contribution in [3.8, 4) is 0 Å². The monoisotopic (exact) mass is 230 g/mol. The number of nitrogens with zero attached hydrogens (tertiary/aromatic N) is 2. The fraction of sp³-hybridized carbons (Fsp3) is 0.333. The Labute approximate surface area is 88.7 Å². The number of hydrogen-bond acceptors (Lipinski definition) is 3. The lowest BCUT2D eigenvalue weighted by Gasteiger charge is -2.09. The first-order chi connectivity index (χ1) is 7.65. The summed E-state index contributed by atoms with van der Waals surface area (Å²) in [5.74, 6) is -1.33. The lowest BCUT2D eigenvalue weighted by Crippen LogP contribution is -2.11. The summed E-state index contributed by atoms with van der Waals surface area (Å²) < 4.78 is 37.7. The number of hydrogen-bond donors (Lipinski definition) is 2. The number of nitrogen functional groups attached to an aromatic ring is 1. The number of rotatable bonds is 3. The summed E-state index contributed by atoms with van der Waals surface area (Å²) in [6, 6.07) is 0. The molecule has 2 rings (SSSR count). The molecule has 3 N–H and O–H groups in total. The molecule has 0 amide bonds. The summed E-state index contributed by atoms with van der Waals surface area (Å²) in [6.07, 6.45) is -0.317. The number of anilines is 1. The predicted molar refractivity (Wildman–Crippen MR) is 53.0 cm³/mol. The number of halogens is 3. The molecule has 0 spiro atoms. The minimum absolute atomic E-state index is 0.126. The zero-order valence-electron chi connectivity index (χ0n) is 8.12. The Balaban J connectivity index is 2.57. The quantitative estimate of drug-likeness (QED) is 0.845. The SMILES string of the molecule is Nc1ncnc2c(C(CF)C(F)F)c[nH]c12. The summed E-state index contributed by atoms with van der Waals surface area (Å²) in [6.45, 7) is -1.14. The van der Waals surface area contributed by atoms with Crippen LogP contribution < -0.4 is 5.73 Å². The fourth-order valence-corrected chi connectivity index (χ4v) is 1.55. The van der Waals surface area contributed by atoms with E-state index < -0.39 is 19.0 Å². The number of aromatic nitrogens is 3. The van der Waals surface area contributed by atoms with Crippen LogP contribution in [-0.4, -0.2) is 28.1 Å². The molecule has 16 heavy (non-hydrogen) atoms. The van der Waals surface area contributed by atoms with Gasteiger partial charge in [0.25, 0.3) is 0 Å². The topological polar surface area (TPSA) is 67.6 Å². The number of aromatic amines is 1. The molecular formula is C9H9F3N4. The molecule has 4 nitrogen and oxygen atoms in total. The fourth-order valence-electron chi connectivity index (χ4n) is 1.55. The zero-order valence-corrected chi connectivity index (χ0v) is 8.12. The van der Waals surface area contributed by atoms with Crippen LogP contribution in [0, 0.1) is 0 Å². The molecule has 0 saturated carbocycles. The Morgan fingerprint density at radius 1 is 1.38 bits per heavy atom. The van der Waals surface area contributed by atoms with Crippen LogP contribution in [0.25, 0.3) is 11.0 Å². The van der Waals surface area contributed by atoms with Crippen molar-refractivity contribution in [3.05, 3.63) is 18.1 Å². The van der Waals surface area contributed by atoms with E-state index in [4.69, 9.17) is 5.73 Å². The Morgan fingerprint density at radius 3 is 2.75 bits per heavy atom. The van der Waals surface area contributed by atoms with Crippen LogP contribution in [0.3, 0.4) is 0 Å². The maximum atomic E-state index is 12.6. The zero-order chi connectivity index (χ0) is 11.7. The van der Waals surface area contributed by atoms with Gasteiger partial charge in [-0.05, 0) is 0 Å². The molecule has 0 aliphatic heterocycles. The van der Waals surface area contributed by atoms with Crippen LogP contribution in [0.5, 0.6) is 0 Å². The number of nitrogens with two attached hydrogens (primary N) is 1. The summed E-state index contributed by atoms with van der Waals surface area (Å²) in [5, 5.41) is 0. The summed E-state index contributed by atoms with van der Waals surface area (Å²) >= 11 is 0. The molecule has 0 saturated heterocycles. The smallest absolute Gasteiger partial charge is 0.248 e. The van der Waals surface area contributed by atoms with E-state index in [9.17, 15) is 13.2 Å². The van der Waals surface area contributed by atoms with E-state index in [2.05, 4.69) is 15.0 Å². The first-order valence-electron chi connectivity index (χ1n) is 4.56. The summed E-state index contributed by atoms with van der Waals surface area (Å²) in [4.78, 5) is 10.2. The highest BCUT2D eigenvalue weighted by Crippen LogP contribution is 2.30. The third-order valence-corrected chi connectivity index (χ3v) is 2.39. The van der Waals surface area contributed by atoms with Gasteiger partial charge in [-0.15, -0.1) is 0 Å². The molecule has 0 aliphatic carbocycles. The van der Waals surface area contributed by atoms with Crippen LogP contribution in [0.4, 0.5) is 19.0 Å². The molecule has 0 fully saturated rings. The van der Waals surface area contributed by atoms with Crippen molar-refractivity contribution in [1.29, 1.82) is 0 Å². The molecule has 7 heteroatoms. The van der Waals surface area contributed by atoms with Crippen molar-refractivity contribution in [3.63, 3.8) is 0 Å². The van der Waals surface area contributed by atoms with Gasteiger partial charge < -0.3 is 10.7 Å². The lowest BCUT2D eigenvalue weighted by molar-refractivity contribution is 0.101. The molecule has 2 aromatic heterocycles. The van der Waals surface area contributed by atoms with Gasteiger partial charge in [0.1, 0.15) is 18.5 Å². The van der Waals surface area contributed by atoms with Crippen LogP contribution in [-0.2, 0) is 0 Å². The van der Waals surface area contributed by atoms with E-state index in [1.165, 1.54) is 6.20 Å². The maximum absolute atomic E-state index is 12.6. The minimum Gasteiger partial charge on any atom is -0.382 e. The Kier molecular flexibility index (Phi) is 2.67. The largest absolute Gasteiger partial charge is 0.382 e. The van der Waals surface area contributed by atoms with Crippen LogP contribution in [0.1, 0.15) is 11.5 Å². The van der Waals surface area contributed by atoms with Crippen LogP contribution in [0.15, 0.2) is 12.5 Å². The maximum Gasteiger partial charge on any atom is 0.248 e. The molecular weight excluding hydrogens is 221 g/mol. The Morgan fingerprint density at radius 2 is 2.12 bits per heavy atom. The van der Waals surface area contributed by atoms with E-state index in [-0.39, 0.29) is 16.9 Å². The van der Waals surface area contributed by atoms with Gasteiger partial charge >= 0.3 is 0 Å². The Hall–Kier alpha value is -1.79. The van der Waals surface area contributed by atoms with E-state index in [0.717, 1.165) is 6.33 Å². The van der Waals surface area contributed by atoms with Crippen molar-refractivity contribution in [2.45, 2.75) is 12.3 Å². The van der Waals surface area contributed by atoms with E-state index in [0.29, 0.717) is 5.52 Å². The lowest BCUT2D eigenvalue weighted by atomic mass is 10.0. The minimum atomic E-state index is -2.78. The summed E-state index contributed by atoms with van der Waals surface area (Å²) in [7, 11) is 0. The van der Waals surface area contributed by atoms with Crippen LogP contribution in [0.2, 0.25) is 0 Å². The average Bonchev–Trinajstić information content (AvgIpc) is 2.64. The number of alkyl halides is 3. The molecule has 1 unspecified atom stereocenters. The molecule has 2 aromatic rings. The second-order valence-electron chi connectivity index (χ2n) is 3.32. The van der Waals surface area contributed by atoms with Gasteiger partial charge in [-0.3, -0.25) is 4.39 Å². The van der Waals surface area contributed by atoms with Gasteiger partial charge in [-0.25, -0.2) is 18.7 Å². The number of fused-ring (bicyclic) bond motifs is 1.